The van der Waals surface area contributed by atoms with Crippen LogP contribution >= 0.6 is 0 Å². The summed E-state index contributed by atoms with van der Waals surface area (Å²) in [6, 6.07) is 8.56. The van der Waals surface area contributed by atoms with E-state index in [1.54, 1.807) is 0 Å². The lowest BCUT2D eigenvalue weighted by molar-refractivity contribution is 0.715. The molecule has 84 valence electrons. The van der Waals surface area contributed by atoms with Gasteiger partial charge in [0.15, 0.2) is 0 Å². The number of aryl methyl sites for hydroxylation is 1. The number of hydrogen-bond donors (Lipinski definition) is 0. The molecular formula is C14H18N2. The third-order valence-corrected chi connectivity index (χ3v) is 2.82. The van der Waals surface area contributed by atoms with Crippen LogP contribution in [0.5, 0.6) is 0 Å². The smallest absolute Gasteiger partial charge is 0.0991 e. The van der Waals surface area contributed by atoms with Gasteiger partial charge in [0.2, 0.25) is 0 Å². The number of unbranched alkanes of at least 4 members (excludes halogenated alkanes) is 2. The average Bonchev–Trinajstić information content (AvgIpc) is 2.83. The van der Waals surface area contributed by atoms with Crippen LogP contribution in [-0.2, 0) is 6.42 Å². The number of imidazole rings is 1. The topological polar surface area (TPSA) is 17.8 Å². The van der Waals surface area contributed by atoms with Gasteiger partial charge in [-0.1, -0.05) is 38.0 Å². The molecule has 0 spiro atoms. The minimum Gasteiger partial charge on any atom is -0.306 e. The van der Waals surface area contributed by atoms with E-state index in [2.05, 4.69) is 40.7 Å². The van der Waals surface area contributed by atoms with Gasteiger partial charge in [-0.3, -0.25) is 0 Å². The standard InChI is InChI=1S/C14H18N2/c1-2-3-4-7-13-8-5-6-9-14(13)16-11-10-15-12-16/h5-6,8-12H,2-4,7H2,1H3. The highest BCUT2D eigenvalue weighted by molar-refractivity contribution is 5.40. The number of hydrogen-bond acceptors (Lipinski definition) is 1. The summed E-state index contributed by atoms with van der Waals surface area (Å²) in [5.74, 6) is 0. The predicted octanol–water partition coefficient (Wildman–Crippen LogP) is 3.61. The van der Waals surface area contributed by atoms with Crippen molar-refractivity contribution in [3.05, 3.63) is 48.5 Å². The van der Waals surface area contributed by atoms with Gasteiger partial charge in [0.1, 0.15) is 0 Å². The highest BCUT2D eigenvalue weighted by Crippen LogP contribution is 2.16. The molecule has 0 aliphatic carbocycles. The zero-order valence-corrected chi connectivity index (χ0v) is 9.76. The summed E-state index contributed by atoms with van der Waals surface area (Å²) < 4.78 is 2.08. The fraction of sp³-hybridized carbons (Fsp3) is 0.357. The molecule has 0 unspecified atom stereocenters. The quantitative estimate of drug-likeness (QED) is 0.695. The van der Waals surface area contributed by atoms with E-state index < -0.39 is 0 Å². The van der Waals surface area contributed by atoms with Crippen molar-refractivity contribution in [2.24, 2.45) is 0 Å². The lowest BCUT2D eigenvalue weighted by Gasteiger charge is -2.09. The van der Waals surface area contributed by atoms with Gasteiger partial charge in [-0.2, -0.15) is 0 Å². The maximum absolute atomic E-state index is 4.10. The molecule has 0 N–H and O–H groups in total. The second-order valence-corrected chi connectivity index (χ2v) is 4.06. The highest BCUT2D eigenvalue weighted by Gasteiger charge is 2.02. The van der Waals surface area contributed by atoms with Gasteiger partial charge in [0.05, 0.1) is 6.33 Å². The van der Waals surface area contributed by atoms with E-state index in [0.29, 0.717) is 0 Å². The van der Waals surface area contributed by atoms with Crippen molar-refractivity contribution in [2.75, 3.05) is 0 Å². The van der Waals surface area contributed by atoms with Crippen LogP contribution < -0.4 is 0 Å². The molecular weight excluding hydrogens is 196 g/mol. The Bertz CT molecular complexity index is 418. The molecule has 0 fully saturated rings. The van der Waals surface area contributed by atoms with Crippen molar-refractivity contribution in [3.8, 4) is 5.69 Å². The molecule has 0 saturated carbocycles. The molecule has 16 heavy (non-hydrogen) atoms. The Balaban J connectivity index is 2.18. The average molecular weight is 214 g/mol. The molecule has 0 aliphatic heterocycles. The summed E-state index contributed by atoms with van der Waals surface area (Å²) in [4.78, 5) is 4.10. The van der Waals surface area contributed by atoms with Crippen LogP contribution in [0.3, 0.4) is 0 Å². The molecule has 0 atom stereocenters. The Morgan fingerprint density at radius 3 is 2.81 bits per heavy atom. The summed E-state index contributed by atoms with van der Waals surface area (Å²) >= 11 is 0. The first-order valence-electron chi connectivity index (χ1n) is 5.98. The monoisotopic (exact) mass is 214 g/mol. The van der Waals surface area contributed by atoms with E-state index in [9.17, 15) is 0 Å². The van der Waals surface area contributed by atoms with E-state index in [-0.39, 0.29) is 0 Å². The van der Waals surface area contributed by atoms with Gasteiger partial charge >= 0.3 is 0 Å². The van der Waals surface area contributed by atoms with E-state index in [0.717, 1.165) is 6.42 Å². The van der Waals surface area contributed by atoms with Crippen molar-refractivity contribution in [1.29, 1.82) is 0 Å². The first-order valence-corrected chi connectivity index (χ1v) is 5.98. The van der Waals surface area contributed by atoms with Crippen LogP contribution in [-0.4, -0.2) is 9.55 Å². The summed E-state index contributed by atoms with van der Waals surface area (Å²) in [5.41, 5.74) is 2.67. The molecule has 0 radical (unpaired) electrons. The van der Waals surface area contributed by atoms with E-state index >= 15 is 0 Å². The molecule has 0 amide bonds. The normalized spacial score (nSPS) is 10.6. The second kappa shape index (κ2) is 5.50. The van der Waals surface area contributed by atoms with Crippen molar-refractivity contribution >= 4 is 0 Å². The summed E-state index contributed by atoms with van der Waals surface area (Å²) in [6.45, 7) is 2.24. The van der Waals surface area contributed by atoms with Crippen molar-refractivity contribution in [1.82, 2.24) is 9.55 Å². The molecule has 0 aliphatic rings. The number of rotatable bonds is 5. The van der Waals surface area contributed by atoms with Gasteiger partial charge in [-0.05, 0) is 24.5 Å². The number of benzene rings is 1. The van der Waals surface area contributed by atoms with Gasteiger partial charge in [0, 0.05) is 18.1 Å². The Kier molecular flexibility index (Phi) is 3.76. The molecule has 2 nitrogen and oxygen atoms in total. The Labute approximate surface area is 97.0 Å². The Hall–Kier alpha value is -1.57. The third-order valence-electron chi connectivity index (χ3n) is 2.82. The van der Waals surface area contributed by atoms with Crippen molar-refractivity contribution < 1.29 is 0 Å². The molecule has 0 bridgehead atoms. The highest BCUT2D eigenvalue weighted by atomic mass is 15.0. The molecule has 1 aromatic heterocycles. The van der Waals surface area contributed by atoms with Crippen LogP contribution in [0, 0.1) is 0 Å². The lowest BCUT2D eigenvalue weighted by Crippen LogP contribution is -1.97. The van der Waals surface area contributed by atoms with Gasteiger partial charge < -0.3 is 4.57 Å². The zero-order valence-electron chi connectivity index (χ0n) is 9.76. The maximum atomic E-state index is 4.10. The SMILES string of the molecule is CCCCCc1ccccc1-n1ccnc1. The van der Waals surface area contributed by atoms with Crippen LogP contribution in [0.1, 0.15) is 31.7 Å². The van der Waals surface area contributed by atoms with Crippen molar-refractivity contribution in [3.63, 3.8) is 0 Å². The number of nitrogens with zero attached hydrogens (tertiary/aromatic N) is 2. The second-order valence-electron chi connectivity index (χ2n) is 4.06. The number of aromatic nitrogens is 2. The molecule has 0 saturated heterocycles. The minimum atomic E-state index is 1.15. The minimum absolute atomic E-state index is 1.15. The number of para-hydroxylation sites is 1. The molecule has 2 heteroatoms. The maximum Gasteiger partial charge on any atom is 0.0991 e. The summed E-state index contributed by atoms with van der Waals surface area (Å²) in [7, 11) is 0. The summed E-state index contributed by atoms with van der Waals surface area (Å²) in [5, 5.41) is 0. The van der Waals surface area contributed by atoms with Crippen molar-refractivity contribution in [2.45, 2.75) is 32.6 Å². The van der Waals surface area contributed by atoms with E-state index in [1.807, 2.05) is 18.7 Å². The molecule has 1 heterocycles. The van der Waals surface area contributed by atoms with E-state index in [1.165, 1.54) is 30.5 Å². The van der Waals surface area contributed by atoms with Crippen LogP contribution in [0.25, 0.3) is 5.69 Å². The summed E-state index contributed by atoms with van der Waals surface area (Å²) in [6.07, 6.45) is 10.7. The Morgan fingerprint density at radius 1 is 1.19 bits per heavy atom. The zero-order chi connectivity index (χ0) is 11.2. The molecule has 2 rings (SSSR count). The van der Waals surface area contributed by atoms with Crippen LogP contribution in [0.4, 0.5) is 0 Å². The van der Waals surface area contributed by atoms with Gasteiger partial charge in [-0.15, -0.1) is 0 Å². The van der Waals surface area contributed by atoms with Crippen LogP contribution in [0.15, 0.2) is 43.0 Å². The van der Waals surface area contributed by atoms with Crippen LogP contribution in [0.2, 0.25) is 0 Å². The lowest BCUT2D eigenvalue weighted by atomic mass is 10.1. The fourth-order valence-electron chi connectivity index (χ4n) is 1.94. The van der Waals surface area contributed by atoms with Gasteiger partial charge in [-0.25, -0.2) is 4.98 Å². The molecule has 1 aromatic carbocycles. The largest absolute Gasteiger partial charge is 0.306 e. The van der Waals surface area contributed by atoms with E-state index in [4.69, 9.17) is 0 Å². The third kappa shape index (κ3) is 2.51. The van der Waals surface area contributed by atoms with Gasteiger partial charge in [0.25, 0.3) is 0 Å². The first kappa shape index (κ1) is 10.9. The molecule has 2 aromatic rings. The fourth-order valence-corrected chi connectivity index (χ4v) is 1.94. The predicted molar refractivity (Wildman–Crippen MR) is 66.8 cm³/mol. The first-order chi connectivity index (χ1) is 7.92. The Morgan fingerprint density at radius 2 is 2.06 bits per heavy atom.